The summed E-state index contributed by atoms with van der Waals surface area (Å²) >= 11 is 0.611. The average Bonchev–Trinajstić information content (AvgIpc) is 3.14. The summed E-state index contributed by atoms with van der Waals surface area (Å²) in [5, 5.41) is 5.52. The van der Waals surface area contributed by atoms with E-state index in [1.54, 1.807) is 0 Å². The maximum absolute atomic E-state index is 8.28. The van der Waals surface area contributed by atoms with Crippen LogP contribution in [0.4, 0.5) is 0 Å². The summed E-state index contributed by atoms with van der Waals surface area (Å²) in [4.78, 5) is 0. The standard InChI is InChI=1S/C14H11N2.C9H11.O.Os/c1-2-6-12(7-3-1)11-16-14-9-5-4-8-13(14)10-15-16;1-3-9-6-4-8(2)5-7-9;;/h1-3,5-10H,11H2;4-7H,2-3H2,1H3;;/q2*-1;;. The maximum atomic E-state index is 8.28. The molecule has 140 valence electrons. The topological polar surface area (TPSA) is 34.9 Å². The van der Waals surface area contributed by atoms with Crippen molar-refractivity contribution >= 4 is 10.9 Å². The molecule has 4 heteroatoms. The van der Waals surface area contributed by atoms with Gasteiger partial charge in [-0.25, -0.2) is 0 Å². The third-order valence-corrected chi connectivity index (χ3v) is 4.09. The van der Waals surface area contributed by atoms with Crippen LogP contribution in [0, 0.1) is 13.0 Å². The van der Waals surface area contributed by atoms with Crippen LogP contribution in [0.5, 0.6) is 0 Å². The minimum atomic E-state index is 0.611. The van der Waals surface area contributed by atoms with Gasteiger partial charge in [-0.2, -0.15) is 47.9 Å². The second kappa shape index (κ2) is 11.2. The van der Waals surface area contributed by atoms with E-state index in [1.807, 2.05) is 47.3 Å². The van der Waals surface area contributed by atoms with Gasteiger partial charge in [-0.05, 0) is 17.5 Å². The molecule has 0 unspecified atom stereocenters. The van der Waals surface area contributed by atoms with Crippen LogP contribution in [0.15, 0.2) is 79.0 Å². The molecule has 4 aromatic rings. The molecule has 0 fully saturated rings. The summed E-state index contributed by atoms with van der Waals surface area (Å²) in [5.41, 5.74) is 4.89. The Morgan fingerprint density at radius 3 is 2.37 bits per heavy atom. The Labute approximate surface area is 171 Å². The van der Waals surface area contributed by atoms with E-state index in [-0.39, 0.29) is 0 Å². The van der Waals surface area contributed by atoms with Gasteiger partial charge in [0, 0.05) is 6.20 Å². The van der Waals surface area contributed by atoms with E-state index in [0.717, 1.165) is 29.4 Å². The zero-order valence-electron chi connectivity index (χ0n) is 15.3. The molecule has 0 aliphatic heterocycles. The molecule has 27 heavy (non-hydrogen) atoms. The molecule has 0 spiro atoms. The van der Waals surface area contributed by atoms with E-state index in [1.165, 1.54) is 11.1 Å². The summed E-state index contributed by atoms with van der Waals surface area (Å²) in [5.74, 6) is 0. The van der Waals surface area contributed by atoms with E-state index >= 15 is 0 Å². The average molecular weight is 533 g/mol. The van der Waals surface area contributed by atoms with Crippen LogP contribution >= 0.6 is 0 Å². The molecule has 0 amide bonds. The predicted octanol–water partition coefficient (Wildman–Crippen LogP) is 5.19. The largest absolute Gasteiger partial charge is 0.286 e. The molecule has 3 nitrogen and oxygen atoms in total. The fourth-order valence-corrected chi connectivity index (χ4v) is 2.62. The van der Waals surface area contributed by atoms with Crippen molar-refractivity contribution in [3.63, 3.8) is 0 Å². The number of aryl methyl sites for hydroxylation is 1. The zero-order valence-corrected chi connectivity index (χ0v) is 17.8. The summed E-state index contributed by atoms with van der Waals surface area (Å²) in [6.07, 6.45) is 3.00. The second-order valence-electron chi connectivity index (χ2n) is 5.94. The number of fused-ring (bicyclic) bond motifs is 1. The van der Waals surface area contributed by atoms with Gasteiger partial charge in [0.25, 0.3) is 0 Å². The minimum absolute atomic E-state index is 0.611. The molecule has 0 atom stereocenters. The van der Waals surface area contributed by atoms with Gasteiger partial charge in [-0.3, -0.25) is 4.68 Å². The van der Waals surface area contributed by atoms with E-state index in [2.05, 4.69) is 61.4 Å². The molecule has 0 saturated heterocycles. The van der Waals surface area contributed by atoms with Gasteiger partial charge in [-0.1, -0.05) is 48.2 Å². The van der Waals surface area contributed by atoms with Crippen LogP contribution in [0.25, 0.3) is 10.9 Å². The van der Waals surface area contributed by atoms with Crippen molar-refractivity contribution in [1.29, 1.82) is 0 Å². The van der Waals surface area contributed by atoms with Gasteiger partial charge in [0.15, 0.2) is 0 Å². The van der Waals surface area contributed by atoms with Gasteiger partial charge in [0.1, 0.15) is 0 Å². The Morgan fingerprint density at radius 1 is 1.00 bits per heavy atom. The molecule has 0 aliphatic rings. The van der Waals surface area contributed by atoms with Gasteiger partial charge in [-0.15, -0.1) is 18.2 Å². The molecule has 0 aliphatic carbocycles. The van der Waals surface area contributed by atoms with Crippen molar-refractivity contribution in [3.8, 4) is 0 Å². The first-order chi connectivity index (χ1) is 13.3. The van der Waals surface area contributed by atoms with Crippen molar-refractivity contribution in [3.05, 3.63) is 109 Å². The molecule has 0 saturated carbocycles. The minimum Gasteiger partial charge on any atom is -0.286 e. The molecular formula is C23H22N2OOs-2. The van der Waals surface area contributed by atoms with E-state index < -0.39 is 0 Å². The van der Waals surface area contributed by atoms with Gasteiger partial charge >= 0.3 is 22.1 Å². The fourth-order valence-electron chi connectivity index (χ4n) is 2.62. The molecule has 1 aromatic heterocycles. The Bertz CT molecular complexity index is 933. The second-order valence-corrected chi connectivity index (χ2v) is 5.94. The first kappa shape index (κ1) is 20.7. The van der Waals surface area contributed by atoms with Crippen molar-refractivity contribution < 1.29 is 22.1 Å². The van der Waals surface area contributed by atoms with E-state index in [4.69, 9.17) is 3.54 Å². The normalized spacial score (nSPS) is 9.70. The molecule has 0 radical (unpaired) electrons. The Morgan fingerprint density at radius 2 is 1.70 bits per heavy atom. The molecule has 3 aromatic carbocycles. The number of rotatable bonds is 3. The summed E-state index contributed by atoms with van der Waals surface area (Å²) in [7, 11) is 0. The van der Waals surface area contributed by atoms with Crippen LogP contribution in [-0.4, -0.2) is 9.78 Å². The number of hydrogen-bond acceptors (Lipinski definition) is 2. The number of aromatic nitrogens is 2. The smallest absolute Gasteiger partial charge is 0.0641 e. The van der Waals surface area contributed by atoms with Crippen LogP contribution in [0.3, 0.4) is 0 Å². The maximum Gasteiger partial charge on any atom is 0.0641 e. The third-order valence-electron chi connectivity index (χ3n) is 4.09. The SMILES string of the molecule is [CH2-]c1ccc(CC)cc1.[O]=[Os].[c-]1ccc2c(c1)cnn2Cc1ccccc1. The van der Waals surface area contributed by atoms with Crippen LogP contribution < -0.4 is 0 Å². The molecule has 4 rings (SSSR count). The third kappa shape index (κ3) is 6.27. The quantitative estimate of drug-likeness (QED) is 0.340. The van der Waals surface area contributed by atoms with Crippen LogP contribution in [-0.2, 0) is 35.1 Å². The summed E-state index contributed by atoms with van der Waals surface area (Å²) in [6, 6.07) is 27.7. The van der Waals surface area contributed by atoms with Crippen LogP contribution in [0.1, 0.15) is 23.6 Å². The summed E-state index contributed by atoms with van der Waals surface area (Å²) < 4.78 is 10.3. The van der Waals surface area contributed by atoms with E-state index in [0.29, 0.717) is 18.6 Å². The molecule has 1 heterocycles. The Balaban J connectivity index is 0.000000203. The first-order valence-corrected chi connectivity index (χ1v) is 9.71. The van der Waals surface area contributed by atoms with E-state index in [9.17, 15) is 0 Å². The number of benzene rings is 3. The zero-order chi connectivity index (χ0) is 19.5. The summed E-state index contributed by atoms with van der Waals surface area (Å²) in [6.45, 7) is 6.76. The van der Waals surface area contributed by atoms with Crippen molar-refractivity contribution in [2.45, 2.75) is 19.9 Å². The number of nitrogens with zero attached hydrogens (tertiary/aromatic N) is 2. The molecule has 0 bridgehead atoms. The first-order valence-electron chi connectivity index (χ1n) is 8.67. The predicted molar refractivity (Wildman–Crippen MR) is 105 cm³/mol. The Kier molecular flexibility index (Phi) is 8.62. The molecular weight excluding hydrogens is 510 g/mol. The fraction of sp³-hybridized carbons (Fsp3) is 0.130. The van der Waals surface area contributed by atoms with Gasteiger partial charge in [0.2, 0.25) is 0 Å². The Hall–Kier alpha value is -2.56. The number of hydrogen-bond donors (Lipinski definition) is 0. The van der Waals surface area contributed by atoms with Crippen LogP contribution in [0.2, 0.25) is 0 Å². The van der Waals surface area contributed by atoms with Gasteiger partial charge in [0.05, 0.1) is 6.54 Å². The monoisotopic (exact) mass is 534 g/mol. The van der Waals surface area contributed by atoms with Crippen molar-refractivity contribution in [1.82, 2.24) is 9.78 Å². The van der Waals surface area contributed by atoms with Crippen molar-refractivity contribution in [2.75, 3.05) is 0 Å². The molecule has 0 N–H and O–H groups in total. The van der Waals surface area contributed by atoms with Gasteiger partial charge < -0.3 is 0 Å². The van der Waals surface area contributed by atoms with Crippen molar-refractivity contribution in [2.24, 2.45) is 0 Å².